The molecule has 0 bridgehead atoms. The molecule has 1 atom stereocenters. The number of thiazole rings is 1. The van der Waals surface area contributed by atoms with Crippen molar-refractivity contribution in [3.63, 3.8) is 0 Å². The molecule has 0 aliphatic carbocycles. The number of nitrogens with zero attached hydrogens (tertiary/aromatic N) is 4. The maximum Gasteiger partial charge on any atom is 0.0971 e. The van der Waals surface area contributed by atoms with E-state index in [2.05, 4.69) is 26.8 Å². The van der Waals surface area contributed by atoms with Gasteiger partial charge < -0.3 is 0 Å². The van der Waals surface area contributed by atoms with Gasteiger partial charge in [0.25, 0.3) is 0 Å². The summed E-state index contributed by atoms with van der Waals surface area (Å²) in [5.41, 5.74) is 1.05. The number of likely N-dealkylation sites (tertiary alicyclic amines) is 1. The highest BCUT2D eigenvalue weighted by atomic mass is 32.1. The molecule has 0 aromatic carbocycles. The van der Waals surface area contributed by atoms with E-state index < -0.39 is 0 Å². The van der Waals surface area contributed by atoms with E-state index in [0.717, 1.165) is 25.3 Å². The summed E-state index contributed by atoms with van der Waals surface area (Å²) in [6, 6.07) is 0. The molecular weight excluding hydrogens is 256 g/mol. The van der Waals surface area contributed by atoms with E-state index >= 15 is 0 Å². The molecule has 0 amide bonds. The zero-order valence-corrected chi connectivity index (χ0v) is 11.9. The van der Waals surface area contributed by atoms with Gasteiger partial charge in [-0.3, -0.25) is 14.9 Å². The number of aromatic nitrogens is 3. The van der Waals surface area contributed by atoms with Crippen molar-refractivity contribution in [3.05, 3.63) is 40.4 Å². The van der Waals surface area contributed by atoms with Crippen molar-refractivity contribution >= 4 is 11.3 Å². The molecule has 0 radical (unpaired) electrons. The van der Waals surface area contributed by atoms with Gasteiger partial charge in [-0.1, -0.05) is 0 Å². The summed E-state index contributed by atoms with van der Waals surface area (Å²) in [5, 5.41) is 1.29. The molecule has 0 N–H and O–H groups in total. The fraction of sp³-hybridized carbons (Fsp3) is 0.500. The zero-order valence-electron chi connectivity index (χ0n) is 11.1. The molecular formula is C14H18N4S. The number of hydrogen-bond acceptors (Lipinski definition) is 5. The van der Waals surface area contributed by atoms with Gasteiger partial charge in [0.15, 0.2) is 0 Å². The van der Waals surface area contributed by atoms with Gasteiger partial charge >= 0.3 is 0 Å². The van der Waals surface area contributed by atoms with Gasteiger partial charge in [-0.05, 0) is 26.3 Å². The predicted molar refractivity (Wildman–Crippen MR) is 76.1 cm³/mol. The van der Waals surface area contributed by atoms with Crippen LogP contribution in [-0.4, -0.2) is 32.9 Å². The molecule has 1 fully saturated rings. The largest absolute Gasteiger partial charge is 0.297 e. The SMILES string of the molecule is Cc1cnc([C@@H]2CCCN(Cc3cnccn3)C2)s1. The van der Waals surface area contributed by atoms with Crippen LogP contribution in [0.15, 0.2) is 24.8 Å². The molecule has 2 aromatic rings. The van der Waals surface area contributed by atoms with Gasteiger partial charge in [0, 0.05) is 48.7 Å². The maximum atomic E-state index is 4.54. The lowest BCUT2D eigenvalue weighted by atomic mass is 9.98. The monoisotopic (exact) mass is 274 g/mol. The lowest BCUT2D eigenvalue weighted by Gasteiger charge is -2.31. The fourth-order valence-electron chi connectivity index (χ4n) is 2.60. The van der Waals surface area contributed by atoms with Crippen LogP contribution in [0.2, 0.25) is 0 Å². The van der Waals surface area contributed by atoms with Crippen LogP contribution in [0.5, 0.6) is 0 Å². The third-order valence-electron chi connectivity index (χ3n) is 3.50. The van der Waals surface area contributed by atoms with Crippen molar-refractivity contribution < 1.29 is 0 Å². The molecule has 3 rings (SSSR count). The van der Waals surface area contributed by atoms with Crippen LogP contribution in [0.1, 0.15) is 34.3 Å². The minimum Gasteiger partial charge on any atom is -0.297 e. The van der Waals surface area contributed by atoms with E-state index in [1.165, 1.54) is 22.7 Å². The Morgan fingerprint density at radius 2 is 2.26 bits per heavy atom. The zero-order chi connectivity index (χ0) is 13.1. The Labute approximate surface area is 117 Å². The minimum absolute atomic E-state index is 0.587. The Morgan fingerprint density at radius 1 is 1.32 bits per heavy atom. The van der Waals surface area contributed by atoms with Crippen LogP contribution in [0.3, 0.4) is 0 Å². The van der Waals surface area contributed by atoms with Crippen molar-refractivity contribution in [3.8, 4) is 0 Å². The summed E-state index contributed by atoms with van der Waals surface area (Å²) in [5.74, 6) is 0.587. The van der Waals surface area contributed by atoms with Gasteiger partial charge in [0.1, 0.15) is 0 Å². The topological polar surface area (TPSA) is 41.9 Å². The van der Waals surface area contributed by atoms with Crippen molar-refractivity contribution in [2.75, 3.05) is 13.1 Å². The first-order valence-corrected chi connectivity index (χ1v) is 7.52. The Kier molecular flexibility index (Phi) is 3.84. The molecule has 0 spiro atoms. The van der Waals surface area contributed by atoms with Crippen molar-refractivity contribution in [2.24, 2.45) is 0 Å². The number of aryl methyl sites for hydroxylation is 1. The van der Waals surface area contributed by atoms with Gasteiger partial charge in [-0.15, -0.1) is 11.3 Å². The fourth-order valence-corrected chi connectivity index (χ4v) is 3.50. The van der Waals surface area contributed by atoms with Crippen LogP contribution in [-0.2, 0) is 6.54 Å². The van der Waals surface area contributed by atoms with Crippen molar-refractivity contribution in [1.29, 1.82) is 0 Å². The van der Waals surface area contributed by atoms with Gasteiger partial charge in [-0.25, -0.2) is 4.98 Å². The third kappa shape index (κ3) is 3.16. The lowest BCUT2D eigenvalue weighted by molar-refractivity contribution is 0.198. The molecule has 4 nitrogen and oxygen atoms in total. The number of hydrogen-bond donors (Lipinski definition) is 0. The average molecular weight is 274 g/mol. The van der Waals surface area contributed by atoms with E-state index in [1.54, 1.807) is 12.4 Å². The summed E-state index contributed by atoms with van der Waals surface area (Å²) in [4.78, 5) is 16.8. The van der Waals surface area contributed by atoms with Crippen LogP contribution < -0.4 is 0 Å². The molecule has 2 aromatic heterocycles. The van der Waals surface area contributed by atoms with E-state index in [1.807, 2.05) is 23.7 Å². The smallest absolute Gasteiger partial charge is 0.0971 e. The Morgan fingerprint density at radius 3 is 3.00 bits per heavy atom. The summed E-state index contributed by atoms with van der Waals surface area (Å²) < 4.78 is 0. The van der Waals surface area contributed by atoms with Crippen molar-refractivity contribution in [2.45, 2.75) is 32.2 Å². The molecule has 1 aliphatic rings. The van der Waals surface area contributed by atoms with E-state index in [4.69, 9.17) is 0 Å². The minimum atomic E-state index is 0.587. The molecule has 19 heavy (non-hydrogen) atoms. The van der Waals surface area contributed by atoms with Crippen molar-refractivity contribution in [1.82, 2.24) is 19.9 Å². The highest BCUT2D eigenvalue weighted by Crippen LogP contribution is 2.30. The summed E-state index contributed by atoms with van der Waals surface area (Å²) in [6.45, 7) is 5.26. The van der Waals surface area contributed by atoms with Crippen LogP contribution in [0.4, 0.5) is 0 Å². The molecule has 3 heterocycles. The predicted octanol–water partition coefficient (Wildman–Crippen LogP) is 2.62. The first kappa shape index (κ1) is 12.7. The molecule has 0 unspecified atom stereocenters. The van der Waals surface area contributed by atoms with Gasteiger partial charge in [0.05, 0.1) is 10.7 Å². The quantitative estimate of drug-likeness (QED) is 0.863. The third-order valence-corrected chi connectivity index (χ3v) is 4.57. The van der Waals surface area contributed by atoms with E-state index in [9.17, 15) is 0 Å². The summed E-state index contributed by atoms with van der Waals surface area (Å²) in [6.07, 6.45) is 9.83. The normalized spacial score (nSPS) is 20.6. The highest BCUT2D eigenvalue weighted by molar-refractivity contribution is 7.11. The van der Waals surface area contributed by atoms with Gasteiger partial charge in [-0.2, -0.15) is 0 Å². The Balaban J connectivity index is 1.65. The Hall–Kier alpha value is -1.33. The molecule has 100 valence electrons. The van der Waals surface area contributed by atoms with E-state index in [0.29, 0.717) is 5.92 Å². The second-order valence-corrected chi connectivity index (χ2v) is 6.35. The standard InChI is InChI=1S/C14H18N4S/c1-11-7-17-14(19-11)12-3-2-6-18(9-12)10-13-8-15-4-5-16-13/h4-5,7-8,12H,2-3,6,9-10H2,1H3/t12-/m1/s1. The van der Waals surface area contributed by atoms with Crippen LogP contribution in [0, 0.1) is 6.92 Å². The second-order valence-electron chi connectivity index (χ2n) is 5.08. The molecule has 5 heteroatoms. The number of piperidine rings is 1. The molecule has 1 saturated heterocycles. The first-order chi connectivity index (χ1) is 9.31. The average Bonchev–Trinajstić information content (AvgIpc) is 2.87. The maximum absolute atomic E-state index is 4.54. The second kappa shape index (κ2) is 5.75. The summed E-state index contributed by atoms with van der Waals surface area (Å²) in [7, 11) is 0. The van der Waals surface area contributed by atoms with Crippen LogP contribution in [0.25, 0.3) is 0 Å². The molecule has 1 aliphatic heterocycles. The van der Waals surface area contributed by atoms with Gasteiger partial charge in [0.2, 0.25) is 0 Å². The first-order valence-electron chi connectivity index (χ1n) is 6.71. The van der Waals surface area contributed by atoms with E-state index in [-0.39, 0.29) is 0 Å². The molecule has 0 saturated carbocycles. The lowest BCUT2D eigenvalue weighted by Crippen LogP contribution is -2.34. The Bertz CT molecular complexity index is 525. The van der Waals surface area contributed by atoms with Crippen LogP contribution >= 0.6 is 11.3 Å². The highest BCUT2D eigenvalue weighted by Gasteiger charge is 2.23. The summed E-state index contributed by atoms with van der Waals surface area (Å²) >= 11 is 1.84. The number of rotatable bonds is 3.